The molecule has 0 aliphatic rings. The minimum absolute atomic E-state index is 0.644. The Labute approximate surface area is 334 Å². The molecule has 0 radical (unpaired) electrons. The average Bonchev–Trinajstić information content (AvgIpc) is 3.89. The Hall–Kier alpha value is -3.20. The normalized spacial score (nSPS) is 12.4. The second-order valence-electron chi connectivity index (χ2n) is 16.5. The minimum Gasteiger partial charge on any atom is -0.172 e. The van der Waals surface area contributed by atoms with E-state index in [0.717, 1.165) is 36.7 Å². The van der Waals surface area contributed by atoms with Crippen molar-refractivity contribution in [3.8, 4) is 41.8 Å². The maximum Gasteiger partial charge on any atom is 0.114 e. The predicted molar refractivity (Wildman–Crippen MR) is 240 cm³/mol. The van der Waals surface area contributed by atoms with Gasteiger partial charge in [-0.3, -0.25) is 0 Å². The summed E-state index contributed by atoms with van der Waals surface area (Å²) in [6.07, 6.45) is 4.47. The number of rotatable bonds is 12. The highest BCUT2D eigenvalue weighted by atomic mass is 32.1. The third kappa shape index (κ3) is 7.97. The lowest BCUT2D eigenvalue weighted by Crippen LogP contribution is -1.99. The molecule has 5 aromatic heterocycles. The molecule has 0 saturated carbocycles. The van der Waals surface area contributed by atoms with Crippen molar-refractivity contribution in [1.29, 1.82) is 0 Å². The summed E-state index contributed by atoms with van der Waals surface area (Å²) in [5.41, 5.74) is 12.9. The number of benzene rings is 3. The summed E-state index contributed by atoms with van der Waals surface area (Å²) in [7, 11) is 0. The number of hydrogen-bond donors (Lipinski definition) is 0. The van der Waals surface area contributed by atoms with Crippen LogP contribution in [-0.2, 0) is 25.7 Å². The summed E-state index contributed by atoms with van der Waals surface area (Å²) >= 11 is 8.92. The first-order valence-electron chi connectivity index (χ1n) is 19.0. The molecule has 0 unspecified atom stereocenters. The van der Waals surface area contributed by atoms with Crippen LogP contribution in [0.15, 0.2) is 72.8 Å². The van der Waals surface area contributed by atoms with E-state index in [9.17, 15) is 0 Å². The van der Waals surface area contributed by atoms with Gasteiger partial charge in [-0.15, -0.1) is 45.3 Å². The molecule has 0 aliphatic heterocycles. The van der Waals surface area contributed by atoms with E-state index in [1.165, 1.54) is 94.5 Å². The van der Waals surface area contributed by atoms with E-state index in [2.05, 4.69) is 128 Å². The number of thiophene rings is 4. The largest absolute Gasteiger partial charge is 0.172 e. The zero-order chi connectivity index (χ0) is 37.0. The predicted octanol–water partition coefficient (Wildman–Crippen LogP) is 15.7. The lowest BCUT2D eigenvalue weighted by atomic mass is 9.94. The Balaban J connectivity index is 1.09. The van der Waals surface area contributed by atoms with Crippen LogP contribution in [0, 0.1) is 23.7 Å². The Morgan fingerprint density at radius 1 is 0.396 bits per heavy atom. The summed E-state index contributed by atoms with van der Waals surface area (Å²) in [6, 6.07) is 28.7. The van der Waals surface area contributed by atoms with E-state index in [1.807, 2.05) is 45.3 Å². The topological polar surface area (TPSA) is 25.8 Å². The van der Waals surface area contributed by atoms with Gasteiger partial charge in [0.1, 0.15) is 11.0 Å². The Morgan fingerprint density at radius 2 is 0.698 bits per heavy atom. The smallest absolute Gasteiger partial charge is 0.114 e. The summed E-state index contributed by atoms with van der Waals surface area (Å²) < 4.78 is 15.1. The molecule has 0 N–H and O–H groups in total. The maximum absolute atomic E-state index is 4.87. The SMILES string of the molecule is CC(C)Cc1cc(CC(C)C)cc(-c2cc3sc(-c4ccc(-c5cc6sc(-c7cc(CC(C)C)cc(CC(C)C)c7)cc6s5)c5nsnc45)cc3s2)c1. The first-order valence-corrected chi connectivity index (χ1v) is 23.0. The van der Waals surface area contributed by atoms with Crippen molar-refractivity contribution in [3.05, 3.63) is 95.1 Å². The highest BCUT2D eigenvalue weighted by Crippen LogP contribution is 2.47. The zero-order valence-corrected chi connectivity index (χ0v) is 36.1. The number of aromatic nitrogens is 2. The molecule has 272 valence electrons. The van der Waals surface area contributed by atoms with Gasteiger partial charge in [-0.25, -0.2) is 0 Å². The van der Waals surface area contributed by atoms with Crippen LogP contribution < -0.4 is 0 Å². The van der Waals surface area contributed by atoms with Crippen LogP contribution in [0.2, 0.25) is 0 Å². The lowest BCUT2D eigenvalue weighted by molar-refractivity contribution is 0.636. The molecular formula is C46H48N2S5. The van der Waals surface area contributed by atoms with Gasteiger partial charge >= 0.3 is 0 Å². The van der Waals surface area contributed by atoms with E-state index < -0.39 is 0 Å². The highest BCUT2D eigenvalue weighted by molar-refractivity contribution is 7.31. The molecule has 8 rings (SSSR count). The van der Waals surface area contributed by atoms with Crippen LogP contribution in [0.25, 0.3) is 71.6 Å². The van der Waals surface area contributed by atoms with Crippen molar-refractivity contribution in [2.45, 2.75) is 81.1 Å². The second kappa shape index (κ2) is 15.1. The summed E-state index contributed by atoms with van der Waals surface area (Å²) in [5, 5.41) is 0. The molecule has 8 aromatic rings. The van der Waals surface area contributed by atoms with E-state index >= 15 is 0 Å². The maximum atomic E-state index is 4.87. The van der Waals surface area contributed by atoms with Crippen molar-refractivity contribution in [2.24, 2.45) is 23.7 Å². The fourth-order valence-electron chi connectivity index (χ4n) is 7.65. The van der Waals surface area contributed by atoms with Crippen LogP contribution in [0.1, 0.15) is 77.6 Å². The Bertz CT molecular complexity index is 2250. The van der Waals surface area contributed by atoms with Crippen LogP contribution in [0.3, 0.4) is 0 Å². The monoisotopic (exact) mass is 788 g/mol. The van der Waals surface area contributed by atoms with Crippen molar-refractivity contribution in [2.75, 3.05) is 0 Å². The summed E-state index contributed by atoms with van der Waals surface area (Å²) in [4.78, 5) is 5.27. The minimum atomic E-state index is 0.644. The van der Waals surface area contributed by atoms with Gasteiger partial charge in [-0.05, 0) is 107 Å². The standard InChI is InChI=1S/C46H48N2S5/c1-25(2)11-29-15-30(12-26(3)4)18-33(17-29)37-21-41-43(49-37)23-39(51-41)35-9-10-36(46-45(35)47-53-48-46)40-24-44-42(52-40)22-38(50-44)34-19-31(13-27(5)6)16-32(20-34)14-28(7)8/h9-10,15-28H,11-14H2,1-8H3. The highest BCUT2D eigenvalue weighted by Gasteiger charge is 2.20. The van der Waals surface area contributed by atoms with Gasteiger partial charge in [0, 0.05) is 49.4 Å². The number of hydrogen-bond acceptors (Lipinski definition) is 7. The van der Waals surface area contributed by atoms with Gasteiger partial charge in [0.15, 0.2) is 0 Å². The quantitative estimate of drug-likeness (QED) is 0.123. The van der Waals surface area contributed by atoms with E-state index in [1.54, 1.807) is 0 Å². The van der Waals surface area contributed by atoms with Gasteiger partial charge in [-0.2, -0.15) is 8.75 Å². The summed E-state index contributed by atoms with van der Waals surface area (Å²) in [5.74, 6) is 2.57. The van der Waals surface area contributed by atoms with Crippen molar-refractivity contribution >= 4 is 86.9 Å². The molecule has 0 aliphatic carbocycles. The van der Waals surface area contributed by atoms with Gasteiger partial charge in [0.2, 0.25) is 0 Å². The van der Waals surface area contributed by atoms with Gasteiger partial charge < -0.3 is 0 Å². The van der Waals surface area contributed by atoms with Gasteiger partial charge in [0.05, 0.1) is 11.7 Å². The van der Waals surface area contributed by atoms with Crippen molar-refractivity contribution in [3.63, 3.8) is 0 Å². The Morgan fingerprint density at radius 3 is 1.02 bits per heavy atom. The van der Waals surface area contributed by atoms with Crippen LogP contribution >= 0.6 is 57.1 Å². The molecule has 0 saturated heterocycles. The van der Waals surface area contributed by atoms with Crippen molar-refractivity contribution < 1.29 is 0 Å². The molecule has 0 spiro atoms. The first kappa shape index (κ1) is 36.8. The van der Waals surface area contributed by atoms with Crippen molar-refractivity contribution in [1.82, 2.24) is 8.75 Å². The van der Waals surface area contributed by atoms with E-state index in [-0.39, 0.29) is 0 Å². The molecular weight excluding hydrogens is 741 g/mol. The van der Waals surface area contributed by atoms with Crippen LogP contribution in [0.5, 0.6) is 0 Å². The fraction of sp³-hybridized carbons (Fsp3) is 0.348. The lowest BCUT2D eigenvalue weighted by Gasteiger charge is -2.12. The zero-order valence-electron chi connectivity index (χ0n) is 32.0. The fourth-order valence-corrected chi connectivity index (χ4v) is 13.0. The third-order valence-corrected chi connectivity index (χ3v) is 14.9. The summed E-state index contributed by atoms with van der Waals surface area (Å²) in [6.45, 7) is 18.5. The number of fused-ring (bicyclic) bond motifs is 3. The van der Waals surface area contributed by atoms with E-state index in [4.69, 9.17) is 8.75 Å². The molecule has 0 bridgehead atoms. The first-order chi connectivity index (χ1) is 25.4. The Kier molecular flexibility index (Phi) is 10.5. The number of nitrogens with zero attached hydrogens (tertiary/aromatic N) is 2. The molecule has 3 aromatic carbocycles. The molecule has 0 atom stereocenters. The van der Waals surface area contributed by atoms with E-state index in [0.29, 0.717) is 23.7 Å². The van der Waals surface area contributed by atoms with Gasteiger partial charge in [0.25, 0.3) is 0 Å². The third-order valence-electron chi connectivity index (χ3n) is 9.61. The van der Waals surface area contributed by atoms with Crippen LogP contribution in [0.4, 0.5) is 0 Å². The molecule has 0 amide bonds. The molecule has 2 nitrogen and oxygen atoms in total. The average molecular weight is 789 g/mol. The molecule has 0 fully saturated rings. The second-order valence-corrected chi connectivity index (χ2v) is 21.4. The van der Waals surface area contributed by atoms with Gasteiger partial charge in [-0.1, -0.05) is 104 Å². The molecule has 53 heavy (non-hydrogen) atoms. The van der Waals surface area contributed by atoms with Crippen LogP contribution in [-0.4, -0.2) is 8.75 Å². The molecule has 5 heterocycles. The molecule has 7 heteroatoms.